The molecule has 3 aromatic rings. The van der Waals surface area contributed by atoms with Crippen molar-refractivity contribution in [3.05, 3.63) is 53.7 Å². The predicted molar refractivity (Wildman–Crippen MR) is 70.1 cm³/mol. The molecule has 19 heavy (non-hydrogen) atoms. The van der Waals surface area contributed by atoms with Gasteiger partial charge in [0.05, 0.1) is 0 Å². The molecule has 2 heterocycles. The van der Waals surface area contributed by atoms with Crippen LogP contribution in [-0.2, 0) is 0 Å². The van der Waals surface area contributed by atoms with Gasteiger partial charge in [0, 0.05) is 5.56 Å². The molecule has 0 saturated carbocycles. The van der Waals surface area contributed by atoms with Crippen molar-refractivity contribution in [3.63, 3.8) is 0 Å². The zero-order valence-electron chi connectivity index (χ0n) is 10.2. The lowest BCUT2D eigenvalue weighted by molar-refractivity contribution is 0.0689. The van der Waals surface area contributed by atoms with E-state index in [1.165, 1.54) is 6.07 Å². The van der Waals surface area contributed by atoms with Gasteiger partial charge in [-0.3, -0.25) is 4.40 Å². The van der Waals surface area contributed by atoms with Gasteiger partial charge in [-0.25, -0.2) is 4.79 Å². The summed E-state index contributed by atoms with van der Waals surface area (Å²) in [6.45, 7) is 1.98. The monoisotopic (exact) mass is 253 g/mol. The molecule has 0 saturated heterocycles. The maximum Gasteiger partial charge on any atom is 0.352 e. The minimum atomic E-state index is -1.00. The summed E-state index contributed by atoms with van der Waals surface area (Å²) in [7, 11) is 0. The molecule has 3 rings (SSSR count). The number of fused-ring (bicyclic) bond motifs is 1. The standard InChI is InChI=1S/C14H11N3O2/c1-9-4-2-5-10(8-9)13-16-15-12-7-3-6-11(14(18)19)17(12)13/h2-8H,1H3,(H,18,19). The van der Waals surface area contributed by atoms with Crippen LogP contribution in [0.4, 0.5) is 0 Å². The van der Waals surface area contributed by atoms with Crippen LogP contribution >= 0.6 is 0 Å². The van der Waals surface area contributed by atoms with Crippen molar-refractivity contribution in [2.75, 3.05) is 0 Å². The van der Waals surface area contributed by atoms with Crippen molar-refractivity contribution in [2.24, 2.45) is 0 Å². The number of pyridine rings is 1. The highest BCUT2D eigenvalue weighted by Gasteiger charge is 2.15. The normalized spacial score (nSPS) is 10.8. The van der Waals surface area contributed by atoms with Crippen LogP contribution in [0.5, 0.6) is 0 Å². The molecule has 94 valence electrons. The molecule has 1 N–H and O–H groups in total. The Morgan fingerprint density at radius 1 is 1.16 bits per heavy atom. The summed E-state index contributed by atoms with van der Waals surface area (Å²) in [6, 6.07) is 12.7. The van der Waals surface area contributed by atoms with Crippen LogP contribution in [-0.4, -0.2) is 25.7 Å². The largest absolute Gasteiger partial charge is 0.477 e. The molecule has 5 heteroatoms. The van der Waals surface area contributed by atoms with Gasteiger partial charge in [0.1, 0.15) is 5.69 Å². The van der Waals surface area contributed by atoms with E-state index in [1.54, 1.807) is 16.5 Å². The van der Waals surface area contributed by atoms with Crippen LogP contribution in [0, 0.1) is 6.92 Å². The predicted octanol–water partition coefficient (Wildman–Crippen LogP) is 2.40. The SMILES string of the molecule is Cc1cccc(-c2nnc3cccc(C(=O)O)n23)c1. The molecule has 0 amide bonds. The van der Waals surface area contributed by atoms with Crippen molar-refractivity contribution < 1.29 is 9.90 Å². The third-order valence-electron chi connectivity index (χ3n) is 2.92. The molecule has 0 aliphatic rings. The summed E-state index contributed by atoms with van der Waals surface area (Å²) in [5.74, 6) is -0.462. The van der Waals surface area contributed by atoms with Crippen LogP contribution in [0.2, 0.25) is 0 Å². The van der Waals surface area contributed by atoms with Crippen LogP contribution in [0.15, 0.2) is 42.5 Å². The molecular formula is C14H11N3O2. The van der Waals surface area contributed by atoms with Gasteiger partial charge in [-0.2, -0.15) is 0 Å². The maximum atomic E-state index is 11.3. The zero-order valence-corrected chi connectivity index (χ0v) is 10.2. The van der Waals surface area contributed by atoms with Crippen molar-refractivity contribution >= 4 is 11.6 Å². The number of aryl methyl sites for hydroxylation is 1. The van der Waals surface area contributed by atoms with E-state index < -0.39 is 5.97 Å². The molecule has 2 aromatic heterocycles. The lowest BCUT2D eigenvalue weighted by atomic mass is 10.1. The fraction of sp³-hybridized carbons (Fsp3) is 0.0714. The van der Waals surface area contributed by atoms with Gasteiger partial charge >= 0.3 is 5.97 Å². The van der Waals surface area contributed by atoms with Crippen molar-refractivity contribution in [1.29, 1.82) is 0 Å². The first-order chi connectivity index (χ1) is 9.16. The molecule has 0 atom stereocenters. The van der Waals surface area contributed by atoms with Crippen LogP contribution in [0.3, 0.4) is 0 Å². The fourth-order valence-electron chi connectivity index (χ4n) is 2.08. The van der Waals surface area contributed by atoms with Gasteiger partial charge < -0.3 is 5.11 Å². The molecule has 0 aliphatic heterocycles. The van der Waals surface area contributed by atoms with Gasteiger partial charge in [-0.1, -0.05) is 29.8 Å². The minimum absolute atomic E-state index is 0.152. The highest BCUT2D eigenvalue weighted by molar-refractivity contribution is 5.87. The summed E-state index contributed by atoms with van der Waals surface area (Å²) in [4.78, 5) is 11.3. The van der Waals surface area contributed by atoms with Crippen molar-refractivity contribution in [3.8, 4) is 11.4 Å². The maximum absolute atomic E-state index is 11.3. The second-order valence-electron chi connectivity index (χ2n) is 4.30. The Hall–Kier alpha value is -2.69. The Balaban J connectivity index is 2.33. The van der Waals surface area contributed by atoms with E-state index in [0.717, 1.165) is 11.1 Å². The van der Waals surface area contributed by atoms with E-state index >= 15 is 0 Å². The molecule has 0 fully saturated rings. The highest BCUT2D eigenvalue weighted by Crippen LogP contribution is 2.21. The number of rotatable bonds is 2. The summed E-state index contributed by atoms with van der Waals surface area (Å²) in [5, 5.41) is 17.4. The molecule has 0 spiro atoms. The Bertz CT molecular complexity index is 777. The molecular weight excluding hydrogens is 242 g/mol. The van der Waals surface area contributed by atoms with Gasteiger partial charge in [0.2, 0.25) is 0 Å². The molecule has 0 aliphatic carbocycles. The lowest BCUT2D eigenvalue weighted by Gasteiger charge is -2.04. The van der Waals surface area contributed by atoms with Gasteiger partial charge in [0.25, 0.3) is 0 Å². The molecule has 0 unspecified atom stereocenters. The van der Waals surface area contributed by atoms with Crippen LogP contribution in [0.1, 0.15) is 16.1 Å². The van der Waals surface area contributed by atoms with E-state index in [-0.39, 0.29) is 5.69 Å². The first kappa shape index (κ1) is 11.4. The highest BCUT2D eigenvalue weighted by atomic mass is 16.4. The quantitative estimate of drug-likeness (QED) is 0.761. The van der Waals surface area contributed by atoms with E-state index in [2.05, 4.69) is 10.2 Å². The Morgan fingerprint density at radius 3 is 2.68 bits per heavy atom. The molecule has 0 radical (unpaired) electrons. The van der Waals surface area contributed by atoms with Gasteiger partial charge in [-0.05, 0) is 25.1 Å². The van der Waals surface area contributed by atoms with E-state index in [4.69, 9.17) is 0 Å². The third-order valence-corrected chi connectivity index (χ3v) is 2.92. The number of carbonyl (C=O) groups is 1. The van der Waals surface area contributed by atoms with Crippen molar-refractivity contribution in [2.45, 2.75) is 6.92 Å². The first-order valence-electron chi connectivity index (χ1n) is 5.81. The lowest BCUT2D eigenvalue weighted by Crippen LogP contribution is -2.05. The summed E-state index contributed by atoms with van der Waals surface area (Å²) in [5.41, 5.74) is 2.61. The Labute approximate surface area is 109 Å². The number of aromatic carboxylic acids is 1. The number of benzene rings is 1. The smallest absolute Gasteiger partial charge is 0.352 e. The minimum Gasteiger partial charge on any atom is -0.477 e. The second kappa shape index (κ2) is 4.20. The molecule has 1 aromatic carbocycles. The summed E-state index contributed by atoms with van der Waals surface area (Å²) in [6.07, 6.45) is 0. The second-order valence-corrected chi connectivity index (χ2v) is 4.30. The van der Waals surface area contributed by atoms with E-state index in [0.29, 0.717) is 11.5 Å². The van der Waals surface area contributed by atoms with Crippen LogP contribution in [0.25, 0.3) is 17.0 Å². The zero-order chi connectivity index (χ0) is 13.4. The molecule has 5 nitrogen and oxygen atoms in total. The number of nitrogens with zero attached hydrogens (tertiary/aromatic N) is 3. The average molecular weight is 253 g/mol. The first-order valence-corrected chi connectivity index (χ1v) is 5.81. The third kappa shape index (κ3) is 1.85. The summed E-state index contributed by atoms with van der Waals surface area (Å²) >= 11 is 0. The fourth-order valence-corrected chi connectivity index (χ4v) is 2.08. The number of carboxylic acids is 1. The number of hydrogen-bond acceptors (Lipinski definition) is 3. The Kier molecular flexibility index (Phi) is 2.52. The van der Waals surface area contributed by atoms with Gasteiger partial charge in [-0.15, -0.1) is 10.2 Å². The number of hydrogen-bond donors (Lipinski definition) is 1. The average Bonchev–Trinajstić information content (AvgIpc) is 2.82. The Morgan fingerprint density at radius 2 is 1.95 bits per heavy atom. The molecule has 0 bridgehead atoms. The summed E-state index contributed by atoms with van der Waals surface area (Å²) < 4.78 is 1.55. The van der Waals surface area contributed by atoms with E-state index in [9.17, 15) is 9.90 Å². The van der Waals surface area contributed by atoms with Crippen LogP contribution < -0.4 is 0 Å². The number of aromatic nitrogens is 3. The van der Waals surface area contributed by atoms with E-state index in [1.807, 2.05) is 31.2 Å². The van der Waals surface area contributed by atoms with Crippen molar-refractivity contribution in [1.82, 2.24) is 14.6 Å². The topological polar surface area (TPSA) is 67.5 Å². The number of carboxylic acid groups (broad SMARTS) is 1. The van der Waals surface area contributed by atoms with Gasteiger partial charge in [0.15, 0.2) is 11.5 Å².